The molecule has 0 radical (unpaired) electrons. The predicted octanol–water partition coefficient (Wildman–Crippen LogP) is 5.53. The first-order valence-corrected chi connectivity index (χ1v) is 9.21. The maximum Gasteiger partial charge on any atom is 0.387 e. The Morgan fingerprint density at radius 1 is 0.931 bits per heavy atom. The maximum absolute atomic E-state index is 13.3. The van der Waals surface area contributed by atoms with E-state index in [9.17, 15) is 13.6 Å². The summed E-state index contributed by atoms with van der Waals surface area (Å²) in [5.41, 5.74) is 2.01. The SMILES string of the molecule is CCOc1cc(C(=O)N(Cc2ccccc2)c2ccccc2)ccc1OC(F)F. The highest BCUT2D eigenvalue weighted by Gasteiger charge is 2.21. The van der Waals surface area contributed by atoms with Gasteiger partial charge in [0.2, 0.25) is 0 Å². The normalized spacial score (nSPS) is 10.6. The molecule has 0 aliphatic rings. The molecule has 0 bridgehead atoms. The van der Waals surface area contributed by atoms with Crippen LogP contribution in [0.3, 0.4) is 0 Å². The van der Waals surface area contributed by atoms with E-state index in [0.717, 1.165) is 11.3 Å². The topological polar surface area (TPSA) is 38.8 Å². The third-order valence-corrected chi connectivity index (χ3v) is 4.20. The Bertz CT molecular complexity index is 933. The fraction of sp³-hybridized carbons (Fsp3) is 0.174. The lowest BCUT2D eigenvalue weighted by molar-refractivity contribution is -0.0514. The van der Waals surface area contributed by atoms with Gasteiger partial charge in [0, 0.05) is 11.3 Å². The lowest BCUT2D eigenvalue weighted by Crippen LogP contribution is -2.30. The second-order valence-corrected chi connectivity index (χ2v) is 6.19. The number of halogens is 2. The second-order valence-electron chi connectivity index (χ2n) is 6.19. The van der Waals surface area contributed by atoms with E-state index >= 15 is 0 Å². The van der Waals surface area contributed by atoms with Crippen LogP contribution in [-0.2, 0) is 6.54 Å². The van der Waals surface area contributed by atoms with Gasteiger partial charge in [0.05, 0.1) is 13.2 Å². The van der Waals surface area contributed by atoms with Crippen molar-refractivity contribution in [3.63, 3.8) is 0 Å². The number of alkyl halides is 2. The highest BCUT2D eigenvalue weighted by atomic mass is 19.3. The van der Waals surface area contributed by atoms with Crippen LogP contribution < -0.4 is 14.4 Å². The van der Waals surface area contributed by atoms with Crippen LogP contribution in [0.5, 0.6) is 11.5 Å². The van der Waals surface area contributed by atoms with Crippen molar-refractivity contribution in [1.29, 1.82) is 0 Å². The molecule has 0 fully saturated rings. The largest absolute Gasteiger partial charge is 0.490 e. The number of para-hydroxylation sites is 1. The third kappa shape index (κ3) is 5.31. The van der Waals surface area contributed by atoms with Crippen molar-refractivity contribution in [2.24, 2.45) is 0 Å². The minimum absolute atomic E-state index is 0.103. The summed E-state index contributed by atoms with van der Waals surface area (Å²) in [4.78, 5) is 15.0. The smallest absolute Gasteiger partial charge is 0.387 e. The van der Waals surface area contributed by atoms with E-state index in [-0.39, 0.29) is 24.0 Å². The highest BCUT2D eigenvalue weighted by Crippen LogP contribution is 2.31. The summed E-state index contributed by atoms with van der Waals surface area (Å²) in [6, 6.07) is 23.1. The molecule has 3 aromatic rings. The lowest BCUT2D eigenvalue weighted by Gasteiger charge is -2.24. The van der Waals surface area contributed by atoms with Crippen molar-refractivity contribution >= 4 is 11.6 Å². The molecule has 1 amide bonds. The van der Waals surface area contributed by atoms with Crippen molar-refractivity contribution in [2.75, 3.05) is 11.5 Å². The highest BCUT2D eigenvalue weighted by molar-refractivity contribution is 6.06. The Morgan fingerprint density at radius 3 is 2.21 bits per heavy atom. The van der Waals surface area contributed by atoms with E-state index in [0.29, 0.717) is 12.1 Å². The van der Waals surface area contributed by atoms with Gasteiger partial charge in [0.15, 0.2) is 11.5 Å². The molecular formula is C23H21F2NO3. The fourth-order valence-electron chi connectivity index (χ4n) is 2.91. The molecule has 3 aromatic carbocycles. The number of anilines is 1. The fourth-order valence-corrected chi connectivity index (χ4v) is 2.91. The van der Waals surface area contributed by atoms with Crippen LogP contribution in [-0.4, -0.2) is 19.1 Å². The quantitative estimate of drug-likeness (QED) is 0.501. The molecule has 0 aromatic heterocycles. The van der Waals surface area contributed by atoms with Crippen LogP contribution >= 0.6 is 0 Å². The zero-order valence-electron chi connectivity index (χ0n) is 15.9. The third-order valence-electron chi connectivity index (χ3n) is 4.20. The van der Waals surface area contributed by atoms with Crippen LogP contribution in [0.2, 0.25) is 0 Å². The summed E-state index contributed by atoms with van der Waals surface area (Å²) in [5, 5.41) is 0. The number of hydrogen-bond acceptors (Lipinski definition) is 3. The zero-order chi connectivity index (χ0) is 20.6. The standard InChI is InChI=1S/C23H21F2NO3/c1-2-28-21-15-18(13-14-20(21)29-23(24)25)22(27)26(19-11-7-4-8-12-19)16-17-9-5-3-6-10-17/h3-15,23H,2,16H2,1H3. The predicted molar refractivity (Wildman–Crippen MR) is 108 cm³/mol. The number of ether oxygens (including phenoxy) is 2. The van der Waals surface area contributed by atoms with E-state index in [1.165, 1.54) is 18.2 Å². The van der Waals surface area contributed by atoms with Gasteiger partial charge in [-0.05, 0) is 42.8 Å². The number of carbonyl (C=O) groups excluding carboxylic acids is 1. The first-order valence-electron chi connectivity index (χ1n) is 9.21. The number of rotatable bonds is 8. The minimum Gasteiger partial charge on any atom is -0.490 e. The first-order chi connectivity index (χ1) is 14.1. The van der Waals surface area contributed by atoms with Crippen LogP contribution in [0.4, 0.5) is 14.5 Å². The molecule has 0 aliphatic heterocycles. The van der Waals surface area contributed by atoms with Gasteiger partial charge in [-0.15, -0.1) is 0 Å². The number of carbonyl (C=O) groups is 1. The molecule has 4 nitrogen and oxygen atoms in total. The molecule has 150 valence electrons. The molecular weight excluding hydrogens is 376 g/mol. The van der Waals surface area contributed by atoms with Gasteiger partial charge in [-0.1, -0.05) is 48.5 Å². The van der Waals surface area contributed by atoms with Crippen LogP contribution in [0.1, 0.15) is 22.8 Å². The van der Waals surface area contributed by atoms with E-state index < -0.39 is 6.61 Å². The Labute approximate surface area is 168 Å². The molecule has 0 unspecified atom stereocenters. The van der Waals surface area contributed by atoms with Gasteiger partial charge in [-0.3, -0.25) is 4.79 Å². The van der Waals surface area contributed by atoms with Gasteiger partial charge >= 0.3 is 6.61 Å². The molecule has 0 spiro atoms. The lowest BCUT2D eigenvalue weighted by atomic mass is 10.1. The van der Waals surface area contributed by atoms with Gasteiger partial charge in [-0.25, -0.2) is 0 Å². The van der Waals surface area contributed by atoms with Crippen molar-refractivity contribution in [3.8, 4) is 11.5 Å². The van der Waals surface area contributed by atoms with Crippen LogP contribution in [0.15, 0.2) is 78.9 Å². The summed E-state index contributed by atoms with van der Waals surface area (Å²) in [6.45, 7) is -0.631. The molecule has 0 heterocycles. The summed E-state index contributed by atoms with van der Waals surface area (Å²) in [5.74, 6) is -0.274. The molecule has 3 rings (SSSR count). The van der Waals surface area contributed by atoms with Gasteiger partial charge in [-0.2, -0.15) is 8.78 Å². The summed E-state index contributed by atoms with van der Waals surface area (Å²) in [6.07, 6.45) is 0. The maximum atomic E-state index is 13.3. The number of amides is 1. The molecule has 29 heavy (non-hydrogen) atoms. The van der Waals surface area contributed by atoms with Crippen molar-refractivity contribution in [3.05, 3.63) is 90.0 Å². The second kappa shape index (κ2) is 9.68. The Morgan fingerprint density at radius 2 is 1.59 bits per heavy atom. The summed E-state index contributed by atoms with van der Waals surface area (Å²) >= 11 is 0. The van der Waals surface area contributed by atoms with Crippen LogP contribution in [0.25, 0.3) is 0 Å². The Hall–Kier alpha value is -3.41. The summed E-state index contributed by atoms with van der Waals surface area (Å²) < 4.78 is 35.2. The van der Waals surface area contributed by atoms with Gasteiger partial charge < -0.3 is 14.4 Å². The van der Waals surface area contributed by atoms with Crippen molar-refractivity contribution in [2.45, 2.75) is 20.1 Å². The number of hydrogen-bond donors (Lipinski definition) is 0. The molecule has 0 aliphatic carbocycles. The van der Waals surface area contributed by atoms with E-state index in [1.807, 2.05) is 60.7 Å². The number of benzene rings is 3. The molecule has 6 heteroatoms. The van der Waals surface area contributed by atoms with Crippen molar-refractivity contribution < 1.29 is 23.0 Å². The first kappa shape index (κ1) is 20.3. The average Bonchev–Trinajstić information content (AvgIpc) is 2.74. The Balaban J connectivity index is 1.95. The van der Waals surface area contributed by atoms with E-state index in [1.54, 1.807) is 11.8 Å². The molecule has 0 saturated heterocycles. The average molecular weight is 397 g/mol. The molecule has 0 saturated carbocycles. The number of nitrogens with zero attached hydrogens (tertiary/aromatic N) is 1. The van der Waals surface area contributed by atoms with E-state index in [4.69, 9.17) is 4.74 Å². The minimum atomic E-state index is -2.98. The van der Waals surface area contributed by atoms with Gasteiger partial charge in [0.25, 0.3) is 5.91 Å². The zero-order valence-corrected chi connectivity index (χ0v) is 15.9. The molecule has 0 atom stereocenters. The van der Waals surface area contributed by atoms with Crippen molar-refractivity contribution in [1.82, 2.24) is 0 Å². The van der Waals surface area contributed by atoms with Gasteiger partial charge in [0.1, 0.15) is 0 Å². The summed E-state index contributed by atoms with van der Waals surface area (Å²) in [7, 11) is 0. The van der Waals surface area contributed by atoms with Crippen LogP contribution in [0, 0.1) is 0 Å². The Kier molecular flexibility index (Phi) is 6.79. The van der Waals surface area contributed by atoms with E-state index in [2.05, 4.69) is 4.74 Å². The monoisotopic (exact) mass is 397 g/mol. The molecule has 0 N–H and O–H groups in total.